The largest absolute Gasteiger partial charge is 0.497 e. The number of anilines is 1. The van der Waals surface area contributed by atoms with Gasteiger partial charge in [0.25, 0.3) is 0 Å². The summed E-state index contributed by atoms with van der Waals surface area (Å²) in [4.78, 5) is 14.1. The van der Waals surface area contributed by atoms with Crippen LogP contribution in [0.15, 0.2) is 69.9 Å². The first kappa shape index (κ1) is 19.1. The van der Waals surface area contributed by atoms with Gasteiger partial charge in [-0.2, -0.15) is 0 Å². The third-order valence-electron chi connectivity index (χ3n) is 5.37. The lowest BCUT2D eigenvalue weighted by Crippen LogP contribution is -2.32. The summed E-state index contributed by atoms with van der Waals surface area (Å²) in [5, 5.41) is 0.749. The van der Waals surface area contributed by atoms with E-state index < -0.39 is 17.3 Å². The average molecular weight is 421 g/mol. The Balaban J connectivity index is 1.62. The molecule has 2 heterocycles. The number of hydrogen-bond donors (Lipinski definition) is 0. The third kappa shape index (κ3) is 3.38. The highest BCUT2D eigenvalue weighted by atomic mass is 19.2. The molecule has 0 saturated carbocycles. The standard InChI is InChI=1S/C24H17F2NO4/c1-29-16-5-2-14(3-6-16)18-11-23(28)31-24-17(18)7-9-22-19(24)12-27(13-30-22)15-4-8-20(25)21(26)10-15/h2-11H,12-13H2,1H3. The van der Waals surface area contributed by atoms with Crippen molar-refractivity contribution in [1.82, 2.24) is 0 Å². The van der Waals surface area contributed by atoms with Crippen LogP contribution in [0, 0.1) is 11.6 Å². The molecule has 0 aliphatic carbocycles. The van der Waals surface area contributed by atoms with E-state index in [1.807, 2.05) is 36.4 Å². The molecule has 5 nitrogen and oxygen atoms in total. The van der Waals surface area contributed by atoms with Crippen LogP contribution in [-0.4, -0.2) is 13.8 Å². The Morgan fingerprint density at radius 3 is 2.52 bits per heavy atom. The van der Waals surface area contributed by atoms with Crippen LogP contribution in [-0.2, 0) is 6.54 Å². The molecule has 0 unspecified atom stereocenters. The molecule has 3 aromatic carbocycles. The van der Waals surface area contributed by atoms with Crippen molar-refractivity contribution in [3.63, 3.8) is 0 Å². The average Bonchev–Trinajstić information content (AvgIpc) is 2.80. The highest BCUT2D eigenvalue weighted by Crippen LogP contribution is 2.37. The molecule has 1 aromatic heterocycles. The van der Waals surface area contributed by atoms with E-state index >= 15 is 0 Å². The summed E-state index contributed by atoms with van der Waals surface area (Å²) in [6.07, 6.45) is 0. The number of hydrogen-bond acceptors (Lipinski definition) is 5. The van der Waals surface area contributed by atoms with E-state index in [0.717, 1.165) is 28.6 Å². The van der Waals surface area contributed by atoms with Crippen molar-refractivity contribution in [1.29, 1.82) is 0 Å². The molecule has 0 radical (unpaired) electrons. The third-order valence-corrected chi connectivity index (χ3v) is 5.37. The minimum absolute atomic E-state index is 0.159. The van der Waals surface area contributed by atoms with Gasteiger partial charge in [-0.3, -0.25) is 0 Å². The lowest BCUT2D eigenvalue weighted by Gasteiger charge is -2.31. The topological polar surface area (TPSA) is 51.9 Å². The van der Waals surface area contributed by atoms with Crippen LogP contribution < -0.4 is 20.0 Å². The van der Waals surface area contributed by atoms with Crippen LogP contribution in [0.4, 0.5) is 14.5 Å². The van der Waals surface area contributed by atoms with Crippen molar-refractivity contribution >= 4 is 16.7 Å². The SMILES string of the molecule is COc1ccc(-c2cc(=O)oc3c4c(ccc23)OCN(c2ccc(F)c(F)c2)C4)cc1. The molecular weight excluding hydrogens is 404 g/mol. The van der Waals surface area contributed by atoms with Gasteiger partial charge in [0.05, 0.1) is 19.2 Å². The van der Waals surface area contributed by atoms with Crippen molar-refractivity contribution in [2.24, 2.45) is 0 Å². The summed E-state index contributed by atoms with van der Waals surface area (Å²) in [6.45, 7) is 0.471. The number of fused-ring (bicyclic) bond motifs is 3. The number of halogens is 2. The van der Waals surface area contributed by atoms with Gasteiger partial charge in [0, 0.05) is 23.2 Å². The maximum Gasteiger partial charge on any atom is 0.336 e. The summed E-state index contributed by atoms with van der Waals surface area (Å²) < 4.78 is 43.6. The minimum atomic E-state index is -0.936. The van der Waals surface area contributed by atoms with Crippen molar-refractivity contribution in [2.45, 2.75) is 6.54 Å². The molecule has 0 saturated heterocycles. The van der Waals surface area contributed by atoms with Gasteiger partial charge in [-0.1, -0.05) is 12.1 Å². The van der Waals surface area contributed by atoms with Gasteiger partial charge in [0.15, 0.2) is 18.4 Å². The Hall–Kier alpha value is -3.87. The van der Waals surface area contributed by atoms with E-state index in [-0.39, 0.29) is 6.73 Å². The van der Waals surface area contributed by atoms with Gasteiger partial charge in [0.1, 0.15) is 17.1 Å². The van der Waals surface area contributed by atoms with E-state index in [1.165, 1.54) is 12.1 Å². The van der Waals surface area contributed by atoms with E-state index in [2.05, 4.69) is 0 Å². The highest BCUT2D eigenvalue weighted by Gasteiger charge is 2.23. The molecule has 0 bridgehead atoms. The molecule has 0 atom stereocenters. The Labute approximate surface area is 176 Å². The molecule has 0 spiro atoms. The Bertz CT molecular complexity index is 1350. The smallest absolute Gasteiger partial charge is 0.336 e. The van der Waals surface area contributed by atoms with Gasteiger partial charge < -0.3 is 18.8 Å². The second kappa shape index (κ2) is 7.43. The number of methoxy groups -OCH3 is 1. The summed E-state index contributed by atoms with van der Waals surface area (Å²) in [6, 6.07) is 16.2. The zero-order valence-corrected chi connectivity index (χ0v) is 16.5. The molecule has 1 aliphatic rings. The first-order valence-electron chi connectivity index (χ1n) is 9.60. The number of benzene rings is 3. The Kier molecular flexibility index (Phi) is 4.58. The van der Waals surface area contributed by atoms with Crippen LogP contribution in [0.25, 0.3) is 22.1 Å². The second-order valence-corrected chi connectivity index (χ2v) is 7.20. The second-order valence-electron chi connectivity index (χ2n) is 7.20. The normalized spacial score (nSPS) is 13.1. The monoisotopic (exact) mass is 421 g/mol. The van der Waals surface area contributed by atoms with Crippen molar-refractivity contribution in [2.75, 3.05) is 18.7 Å². The van der Waals surface area contributed by atoms with Gasteiger partial charge >= 0.3 is 5.63 Å². The van der Waals surface area contributed by atoms with Gasteiger partial charge in [0.2, 0.25) is 0 Å². The predicted octanol–water partition coefficient (Wildman–Crippen LogP) is 5.10. The van der Waals surface area contributed by atoms with Crippen LogP contribution in [0.5, 0.6) is 11.5 Å². The van der Waals surface area contributed by atoms with E-state index in [1.54, 1.807) is 12.0 Å². The summed E-state index contributed by atoms with van der Waals surface area (Å²) in [7, 11) is 1.59. The quantitative estimate of drug-likeness (QED) is 0.431. The molecule has 0 amide bonds. The fourth-order valence-corrected chi connectivity index (χ4v) is 3.79. The van der Waals surface area contributed by atoms with Crippen LogP contribution in [0.1, 0.15) is 5.56 Å². The molecule has 31 heavy (non-hydrogen) atoms. The first-order valence-corrected chi connectivity index (χ1v) is 9.60. The van der Waals surface area contributed by atoms with Crippen LogP contribution >= 0.6 is 0 Å². The van der Waals surface area contributed by atoms with Crippen LogP contribution in [0.3, 0.4) is 0 Å². The number of ether oxygens (including phenoxy) is 2. The Morgan fingerprint density at radius 2 is 1.77 bits per heavy atom. The molecule has 0 N–H and O–H groups in total. The first-order chi connectivity index (χ1) is 15.0. The van der Waals surface area contributed by atoms with Gasteiger partial charge in [-0.25, -0.2) is 13.6 Å². The van der Waals surface area contributed by atoms with Crippen molar-refractivity contribution < 1.29 is 22.7 Å². The van der Waals surface area contributed by atoms with E-state index in [4.69, 9.17) is 13.9 Å². The zero-order chi connectivity index (χ0) is 21.5. The van der Waals surface area contributed by atoms with E-state index in [9.17, 15) is 13.6 Å². The number of nitrogens with zero attached hydrogens (tertiary/aromatic N) is 1. The summed E-state index contributed by atoms with van der Waals surface area (Å²) in [5.41, 5.74) is 2.62. The van der Waals surface area contributed by atoms with Gasteiger partial charge in [-0.15, -0.1) is 0 Å². The summed E-state index contributed by atoms with van der Waals surface area (Å²) >= 11 is 0. The van der Waals surface area contributed by atoms with Crippen molar-refractivity contribution in [3.05, 3.63) is 88.3 Å². The minimum Gasteiger partial charge on any atom is -0.497 e. The molecule has 156 valence electrons. The highest BCUT2D eigenvalue weighted by molar-refractivity contribution is 5.96. The Morgan fingerprint density at radius 1 is 0.968 bits per heavy atom. The molecule has 7 heteroatoms. The van der Waals surface area contributed by atoms with E-state index in [0.29, 0.717) is 34.9 Å². The van der Waals surface area contributed by atoms with Gasteiger partial charge in [-0.05, 0) is 47.5 Å². The summed E-state index contributed by atoms with van der Waals surface area (Å²) in [5.74, 6) is -0.553. The lowest BCUT2D eigenvalue weighted by atomic mass is 9.99. The molecule has 1 aliphatic heterocycles. The molecule has 4 aromatic rings. The number of rotatable bonds is 3. The molecule has 5 rings (SSSR count). The predicted molar refractivity (Wildman–Crippen MR) is 113 cm³/mol. The zero-order valence-electron chi connectivity index (χ0n) is 16.5. The van der Waals surface area contributed by atoms with Crippen molar-refractivity contribution in [3.8, 4) is 22.6 Å². The lowest BCUT2D eigenvalue weighted by molar-refractivity contribution is 0.289. The van der Waals surface area contributed by atoms with Crippen LogP contribution in [0.2, 0.25) is 0 Å². The molecular formula is C24H17F2NO4. The fraction of sp³-hybridized carbons (Fsp3) is 0.125. The molecule has 0 fully saturated rings. The maximum atomic E-state index is 13.7. The fourth-order valence-electron chi connectivity index (χ4n) is 3.79. The maximum absolute atomic E-state index is 13.7.